The number of imidazole rings is 1. The van der Waals surface area contributed by atoms with Crippen LogP contribution in [0, 0.1) is 11.3 Å². The van der Waals surface area contributed by atoms with Crippen molar-refractivity contribution in [1.82, 2.24) is 14.9 Å². The van der Waals surface area contributed by atoms with Crippen LogP contribution in [0.15, 0.2) is 18.2 Å². The summed E-state index contributed by atoms with van der Waals surface area (Å²) in [7, 11) is -0.362. The van der Waals surface area contributed by atoms with Crippen molar-refractivity contribution in [2.45, 2.75) is 78.0 Å². The van der Waals surface area contributed by atoms with Crippen molar-refractivity contribution in [3.05, 3.63) is 24.0 Å². The number of ether oxygens (including phenoxy) is 1. The van der Waals surface area contributed by atoms with Gasteiger partial charge in [0.25, 0.3) is 0 Å². The summed E-state index contributed by atoms with van der Waals surface area (Å²) in [5, 5.41) is 0. The van der Waals surface area contributed by atoms with Crippen molar-refractivity contribution in [3.8, 4) is 0 Å². The quantitative estimate of drug-likeness (QED) is 0.711. The molecule has 5 rings (SSSR count). The first-order valence-electron chi connectivity index (χ1n) is 11.7. The van der Waals surface area contributed by atoms with Gasteiger partial charge in [0.15, 0.2) is 0 Å². The van der Waals surface area contributed by atoms with Crippen LogP contribution in [0.4, 0.5) is 4.79 Å². The number of nitrogens with zero attached hydrogens (tertiary/aromatic N) is 2. The van der Waals surface area contributed by atoms with Crippen LogP contribution in [-0.2, 0) is 14.0 Å². The van der Waals surface area contributed by atoms with Crippen LogP contribution < -0.4 is 5.46 Å². The summed E-state index contributed by atoms with van der Waals surface area (Å²) in [5.74, 6) is 1.22. The molecule has 172 valence electrons. The lowest BCUT2D eigenvalue weighted by atomic mass is 9.76. The van der Waals surface area contributed by atoms with Crippen molar-refractivity contribution in [2.24, 2.45) is 11.3 Å². The highest BCUT2D eigenvalue weighted by atomic mass is 16.6. The summed E-state index contributed by atoms with van der Waals surface area (Å²) in [4.78, 5) is 23.5. The second-order valence-corrected chi connectivity index (χ2v) is 11.8. The van der Waals surface area contributed by atoms with Gasteiger partial charge in [-0.1, -0.05) is 19.9 Å². The number of likely N-dealkylation sites (tertiary alicyclic amines) is 1. The Balaban J connectivity index is 1.44. The number of carbonyl (C=O) groups excluding carboxylic acids is 1. The maximum Gasteiger partial charge on any atom is 0.493 e. The maximum atomic E-state index is 13.2. The minimum atomic E-state index is -0.531. The van der Waals surface area contributed by atoms with Gasteiger partial charge in [-0.05, 0) is 70.5 Å². The highest BCUT2D eigenvalue weighted by Gasteiger charge is 2.58. The molecule has 1 saturated carbocycles. The van der Waals surface area contributed by atoms with Gasteiger partial charge in [-0.2, -0.15) is 0 Å². The van der Waals surface area contributed by atoms with E-state index in [0.29, 0.717) is 19.1 Å². The molecule has 7 nitrogen and oxygen atoms in total. The molecule has 8 heteroatoms. The van der Waals surface area contributed by atoms with E-state index in [2.05, 4.69) is 31.8 Å². The van der Waals surface area contributed by atoms with E-state index in [9.17, 15) is 4.79 Å². The lowest BCUT2D eigenvalue weighted by molar-refractivity contribution is -0.00959. The SMILES string of the molecule is CC1(C)COB(c2ccc3nc(C4C5CC[C@@](C)(C5)N4C(=O)OC(C)(C)C)[nH]c3c2)OC1. The standard InChI is InChI=1S/C24H34BN3O4/c1-22(2,3)32-21(29)28-19(15-9-10-24(28,6)12-15)20-26-17-8-7-16(11-18(17)27-20)25-30-13-23(4,5)14-31-25/h7-8,11,15,19H,9-10,12-14H2,1-6H3,(H,26,27)/t15?,19?,24-/m0/s1. The van der Waals surface area contributed by atoms with E-state index in [1.54, 1.807) is 0 Å². The van der Waals surface area contributed by atoms with Crippen LogP contribution in [-0.4, -0.2) is 52.4 Å². The van der Waals surface area contributed by atoms with Gasteiger partial charge in [0.05, 0.1) is 17.1 Å². The zero-order chi connectivity index (χ0) is 22.9. The van der Waals surface area contributed by atoms with Crippen LogP contribution in [0.5, 0.6) is 0 Å². The van der Waals surface area contributed by atoms with Crippen molar-refractivity contribution in [3.63, 3.8) is 0 Å². The van der Waals surface area contributed by atoms with Crippen LogP contribution in [0.2, 0.25) is 0 Å². The first kappa shape index (κ1) is 21.8. The van der Waals surface area contributed by atoms with E-state index in [4.69, 9.17) is 19.0 Å². The van der Waals surface area contributed by atoms with Crippen molar-refractivity contribution >= 4 is 29.7 Å². The average molecular weight is 439 g/mol. The summed E-state index contributed by atoms with van der Waals surface area (Å²) in [6, 6.07) is 5.98. The smallest absolute Gasteiger partial charge is 0.444 e. The number of rotatable bonds is 2. The zero-order valence-corrected chi connectivity index (χ0v) is 20.0. The highest BCUT2D eigenvalue weighted by Crippen LogP contribution is 2.56. The van der Waals surface area contributed by atoms with E-state index in [0.717, 1.165) is 41.6 Å². The number of carbonyl (C=O) groups is 1. The number of benzene rings is 1. The molecule has 32 heavy (non-hydrogen) atoms. The molecule has 3 atom stereocenters. The minimum Gasteiger partial charge on any atom is -0.444 e. The Morgan fingerprint density at radius 2 is 1.97 bits per heavy atom. The Kier molecular flexibility index (Phi) is 4.91. The maximum absolute atomic E-state index is 13.2. The molecule has 1 N–H and O–H groups in total. The van der Waals surface area contributed by atoms with Crippen LogP contribution in [0.1, 0.15) is 72.7 Å². The number of H-pyrrole nitrogens is 1. The van der Waals surface area contributed by atoms with Gasteiger partial charge in [0.2, 0.25) is 0 Å². The molecule has 3 fully saturated rings. The largest absolute Gasteiger partial charge is 0.493 e. The Hall–Kier alpha value is -2.06. The molecule has 1 amide bonds. The fraction of sp³-hybridized carbons (Fsp3) is 0.667. The number of hydrogen-bond donors (Lipinski definition) is 1. The number of nitrogens with one attached hydrogen (secondary N) is 1. The summed E-state index contributed by atoms with van der Waals surface area (Å²) in [6.45, 7) is 13.5. The van der Waals surface area contributed by atoms with Gasteiger partial charge in [-0.3, -0.25) is 4.90 Å². The van der Waals surface area contributed by atoms with Crippen LogP contribution >= 0.6 is 0 Å². The van der Waals surface area contributed by atoms with Crippen LogP contribution in [0.3, 0.4) is 0 Å². The third kappa shape index (κ3) is 3.81. The first-order chi connectivity index (χ1) is 14.9. The lowest BCUT2D eigenvalue weighted by Gasteiger charge is -2.41. The number of aromatic amines is 1. The Morgan fingerprint density at radius 1 is 1.25 bits per heavy atom. The molecule has 1 aromatic heterocycles. The molecule has 3 heterocycles. The van der Waals surface area contributed by atoms with Crippen molar-refractivity contribution in [2.75, 3.05) is 13.2 Å². The molecular weight excluding hydrogens is 405 g/mol. The fourth-order valence-electron chi connectivity index (χ4n) is 5.51. The number of piperidine rings is 1. The summed E-state index contributed by atoms with van der Waals surface area (Å²) in [5.41, 5.74) is 2.12. The fourth-order valence-corrected chi connectivity index (χ4v) is 5.51. The molecule has 0 radical (unpaired) electrons. The van der Waals surface area contributed by atoms with Gasteiger partial charge in [0, 0.05) is 24.2 Å². The predicted molar refractivity (Wildman–Crippen MR) is 124 cm³/mol. The monoisotopic (exact) mass is 439 g/mol. The highest BCUT2D eigenvalue weighted by molar-refractivity contribution is 6.61. The van der Waals surface area contributed by atoms with Crippen molar-refractivity contribution < 1.29 is 18.8 Å². The van der Waals surface area contributed by atoms with E-state index < -0.39 is 5.60 Å². The second-order valence-electron chi connectivity index (χ2n) is 11.8. The third-order valence-corrected chi connectivity index (χ3v) is 6.98. The number of fused-ring (bicyclic) bond motifs is 3. The Bertz CT molecular complexity index is 1040. The third-order valence-electron chi connectivity index (χ3n) is 6.98. The number of aromatic nitrogens is 2. The molecule has 2 aromatic rings. The zero-order valence-electron chi connectivity index (χ0n) is 20.0. The van der Waals surface area contributed by atoms with E-state index in [1.807, 2.05) is 37.8 Å². The Labute approximate surface area is 190 Å². The molecule has 2 saturated heterocycles. The van der Waals surface area contributed by atoms with Gasteiger partial charge in [-0.25, -0.2) is 9.78 Å². The number of hydrogen-bond acceptors (Lipinski definition) is 5. The van der Waals surface area contributed by atoms with Crippen molar-refractivity contribution in [1.29, 1.82) is 0 Å². The summed E-state index contributed by atoms with van der Waals surface area (Å²) in [6.07, 6.45) is 2.84. The summed E-state index contributed by atoms with van der Waals surface area (Å²) < 4.78 is 17.7. The van der Waals surface area contributed by atoms with Gasteiger partial charge in [-0.15, -0.1) is 0 Å². The molecule has 3 aliphatic rings. The molecule has 2 aliphatic heterocycles. The first-order valence-corrected chi connectivity index (χ1v) is 11.7. The summed E-state index contributed by atoms with van der Waals surface area (Å²) >= 11 is 0. The Morgan fingerprint density at radius 3 is 2.66 bits per heavy atom. The van der Waals surface area contributed by atoms with E-state index in [-0.39, 0.29) is 30.2 Å². The molecular formula is C24H34BN3O4. The normalized spacial score (nSPS) is 29.7. The molecule has 2 unspecified atom stereocenters. The van der Waals surface area contributed by atoms with Gasteiger partial charge in [0.1, 0.15) is 11.4 Å². The molecule has 1 aromatic carbocycles. The lowest BCUT2D eigenvalue weighted by Crippen LogP contribution is -2.49. The average Bonchev–Trinajstić information content (AvgIpc) is 3.35. The predicted octanol–water partition coefficient (Wildman–Crippen LogP) is 4.18. The molecule has 2 bridgehead atoms. The molecule has 1 aliphatic carbocycles. The van der Waals surface area contributed by atoms with Crippen LogP contribution in [0.25, 0.3) is 11.0 Å². The molecule has 0 spiro atoms. The minimum absolute atomic E-state index is 0.0325. The topological polar surface area (TPSA) is 76.7 Å². The van der Waals surface area contributed by atoms with Gasteiger partial charge < -0.3 is 19.0 Å². The second kappa shape index (κ2) is 7.22. The number of amides is 1. The van der Waals surface area contributed by atoms with E-state index >= 15 is 0 Å². The van der Waals surface area contributed by atoms with Gasteiger partial charge >= 0.3 is 13.2 Å². The van der Waals surface area contributed by atoms with E-state index in [1.165, 1.54) is 0 Å².